The molecule has 0 amide bonds. The minimum absolute atomic E-state index is 0.490. The van der Waals surface area contributed by atoms with Crippen LogP contribution < -0.4 is 0 Å². The summed E-state index contributed by atoms with van der Waals surface area (Å²) in [6.07, 6.45) is 0. The molecule has 11 heavy (non-hydrogen) atoms. The van der Waals surface area contributed by atoms with E-state index in [2.05, 4.69) is 14.9 Å². The van der Waals surface area contributed by atoms with E-state index in [1.807, 2.05) is 6.07 Å². The molecule has 2 rings (SSSR count). The highest BCUT2D eigenvalue weighted by atomic mass is 16.6. The van der Waals surface area contributed by atoms with Crippen LogP contribution in [0, 0.1) is 11.3 Å². The van der Waals surface area contributed by atoms with Gasteiger partial charge in [-0.05, 0) is 22.4 Å². The van der Waals surface area contributed by atoms with Gasteiger partial charge in [0.25, 0.3) is 0 Å². The van der Waals surface area contributed by atoms with E-state index in [4.69, 9.17) is 5.26 Å². The minimum atomic E-state index is 0.490. The fourth-order valence-electron chi connectivity index (χ4n) is 0.896. The molecule has 1 heterocycles. The van der Waals surface area contributed by atoms with Crippen molar-refractivity contribution >= 4 is 11.0 Å². The molecular weight excluding hydrogens is 142 g/mol. The molecule has 0 spiro atoms. The molecule has 0 unspecified atom stereocenters. The SMILES string of the molecule is N#Cc1cccc2nonc12. The number of aromatic nitrogens is 2. The Morgan fingerprint density at radius 3 is 3.09 bits per heavy atom. The van der Waals surface area contributed by atoms with Crippen LogP contribution in [0.5, 0.6) is 0 Å². The molecular formula is C7H3N3O. The van der Waals surface area contributed by atoms with Gasteiger partial charge in [0.15, 0.2) is 5.52 Å². The summed E-state index contributed by atoms with van der Waals surface area (Å²) in [5.41, 5.74) is 1.63. The molecule has 0 aliphatic rings. The van der Waals surface area contributed by atoms with Crippen molar-refractivity contribution in [2.24, 2.45) is 0 Å². The van der Waals surface area contributed by atoms with Crippen LogP contribution in [0.3, 0.4) is 0 Å². The van der Waals surface area contributed by atoms with Crippen molar-refractivity contribution in [3.8, 4) is 6.07 Å². The third-order valence-corrected chi connectivity index (χ3v) is 1.41. The third-order valence-electron chi connectivity index (χ3n) is 1.41. The Morgan fingerprint density at radius 2 is 2.27 bits per heavy atom. The van der Waals surface area contributed by atoms with Crippen molar-refractivity contribution in [3.63, 3.8) is 0 Å². The van der Waals surface area contributed by atoms with Gasteiger partial charge in [0, 0.05) is 0 Å². The first-order chi connectivity index (χ1) is 5.42. The summed E-state index contributed by atoms with van der Waals surface area (Å²) >= 11 is 0. The Morgan fingerprint density at radius 1 is 1.36 bits per heavy atom. The van der Waals surface area contributed by atoms with Crippen LogP contribution in [0.15, 0.2) is 22.8 Å². The first-order valence-corrected chi connectivity index (χ1v) is 3.03. The van der Waals surface area contributed by atoms with Crippen molar-refractivity contribution in [3.05, 3.63) is 23.8 Å². The van der Waals surface area contributed by atoms with E-state index in [0.29, 0.717) is 16.6 Å². The lowest BCUT2D eigenvalue weighted by molar-refractivity contribution is 0.315. The second kappa shape index (κ2) is 2.06. The second-order valence-electron chi connectivity index (χ2n) is 2.05. The fourth-order valence-corrected chi connectivity index (χ4v) is 0.896. The average molecular weight is 145 g/mol. The smallest absolute Gasteiger partial charge is 0.152 e. The van der Waals surface area contributed by atoms with Crippen molar-refractivity contribution in [1.29, 1.82) is 5.26 Å². The average Bonchev–Trinajstić information content (AvgIpc) is 2.50. The molecule has 0 N–H and O–H groups in total. The molecule has 1 aromatic carbocycles. The molecule has 0 fully saturated rings. The number of nitrogens with zero attached hydrogens (tertiary/aromatic N) is 3. The van der Waals surface area contributed by atoms with Crippen LogP contribution in [-0.2, 0) is 0 Å². The van der Waals surface area contributed by atoms with Gasteiger partial charge in [0.2, 0.25) is 0 Å². The zero-order valence-electron chi connectivity index (χ0n) is 5.48. The summed E-state index contributed by atoms with van der Waals surface area (Å²) in [6.45, 7) is 0. The standard InChI is InChI=1S/C7H3N3O/c8-4-5-2-1-3-6-7(5)10-11-9-6/h1-3H. The number of nitriles is 1. The molecule has 0 aliphatic heterocycles. The van der Waals surface area contributed by atoms with Crippen LogP contribution in [-0.4, -0.2) is 10.3 Å². The Hall–Kier alpha value is -1.89. The maximum Gasteiger partial charge on any atom is 0.152 e. The van der Waals surface area contributed by atoms with E-state index in [1.165, 1.54) is 0 Å². The molecule has 0 radical (unpaired) electrons. The highest BCUT2D eigenvalue weighted by molar-refractivity contribution is 5.79. The van der Waals surface area contributed by atoms with E-state index in [0.717, 1.165) is 0 Å². The number of benzene rings is 1. The molecule has 4 heteroatoms. The molecule has 0 saturated heterocycles. The summed E-state index contributed by atoms with van der Waals surface area (Å²) in [5.74, 6) is 0. The highest BCUT2D eigenvalue weighted by Gasteiger charge is 2.03. The van der Waals surface area contributed by atoms with E-state index < -0.39 is 0 Å². The molecule has 2 aromatic rings. The number of hydrogen-bond donors (Lipinski definition) is 0. The number of fused-ring (bicyclic) bond motifs is 1. The monoisotopic (exact) mass is 145 g/mol. The summed E-state index contributed by atoms with van der Waals surface area (Å²) in [6, 6.07) is 7.15. The number of hydrogen-bond acceptors (Lipinski definition) is 4. The maximum atomic E-state index is 8.59. The van der Waals surface area contributed by atoms with E-state index in [-0.39, 0.29) is 0 Å². The van der Waals surface area contributed by atoms with E-state index >= 15 is 0 Å². The van der Waals surface area contributed by atoms with Crippen molar-refractivity contribution in [1.82, 2.24) is 10.3 Å². The Labute approximate surface area is 62.0 Å². The molecule has 0 aliphatic carbocycles. The van der Waals surface area contributed by atoms with Gasteiger partial charge in [-0.25, -0.2) is 4.63 Å². The van der Waals surface area contributed by atoms with Crippen LogP contribution in [0.2, 0.25) is 0 Å². The Bertz CT molecular complexity index is 426. The zero-order chi connectivity index (χ0) is 7.68. The van der Waals surface area contributed by atoms with Crippen molar-refractivity contribution < 1.29 is 4.63 Å². The Kier molecular flexibility index (Phi) is 1.10. The predicted octanol–water partition coefficient (Wildman–Crippen LogP) is 1.09. The van der Waals surface area contributed by atoms with Gasteiger partial charge < -0.3 is 0 Å². The molecule has 0 saturated carbocycles. The van der Waals surface area contributed by atoms with Crippen molar-refractivity contribution in [2.45, 2.75) is 0 Å². The second-order valence-corrected chi connectivity index (χ2v) is 2.05. The van der Waals surface area contributed by atoms with Gasteiger partial charge in [-0.3, -0.25) is 0 Å². The van der Waals surface area contributed by atoms with Crippen molar-refractivity contribution in [2.75, 3.05) is 0 Å². The molecule has 1 aromatic heterocycles. The lowest BCUT2D eigenvalue weighted by Crippen LogP contribution is -1.75. The predicted molar refractivity (Wildman–Crippen MR) is 36.5 cm³/mol. The minimum Gasteiger partial charge on any atom is -0.243 e. The van der Waals surface area contributed by atoms with Crippen LogP contribution in [0.4, 0.5) is 0 Å². The Balaban J connectivity index is 2.92. The van der Waals surface area contributed by atoms with Crippen LogP contribution >= 0.6 is 0 Å². The van der Waals surface area contributed by atoms with E-state index in [9.17, 15) is 0 Å². The summed E-state index contributed by atoms with van der Waals surface area (Å²) in [7, 11) is 0. The van der Waals surface area contributed by atoms with Gasteiger partial charge in [-0.2, -0.15) is 5.26 Å². The summed E-state index contributed by atoms with van der Waals surface area (Å²) < 4.78 is 4.46. The largest absolute Gasteiger partial charge is 0.243 e. The quantitative estimate of drug-likeness (QED) is 0.556. The third kappa shape index (κ3) is 0.749. The number of rotatable bonds is 0. The lowest BCUT2D eigenvalue weighted by atomic mass is 10.2. The van der Waals surface area contributed by atoms with Crippen LogP contribution in [0.25, 0.3) is 11.0 Å². The highest BCUT2D eigenvalue weighted by Crippen LogP contribution is 2.12. The topological polar surface area (TPSA) is 62.7 Å². The normalized spacial score (nSPS) is 9.73. The zero-order valence-corrected chi connectivity index (χ0v) is 5.48. The molecule has 0 bridgehead atoms. The van der Waals surface area contributed by atoms with Crippen LogP contribution in [0.1, 0.15) is 5.56 Å². The van der Waals surface area contributed by atoms with Gasteiger partial charge in [0.1, 0.15) is 11.6 Å². The molecule has 0 atom stereocenters. The summed E-state index contributed by atoms with van der Waals surface area (Å²) in [4.78, 5) is 0. The first-order valence-electron chi connectivity index (χ1n) is 3.03. The maximum absolute atomic E-state index is 8.59. The van der Waals surface area contributed by atoms with Gasteiger partial charge in [0.05, 0.1) is 5.56 Å². The molecule has 52 valence electrons. The first kappa shape index (κ1) is 5.86. The fraction of sp³-hybridized carbons (Fsp3) is 0. The van der Waals surface area contributed by atoms with Gasteiger partial charge in [-0.15, -0.1) is 0 Å². The molecule has 4 nitrogen and oxygen atoms in total. The summed E-state index contributed by atoms with van der Waals surface area (Å²) in [5, 5.41) is 15.8. The van der Waals surface area contributed by atoms with Gasteiger partial charge in [-0.1, -0.05) is 6.07 Å². The lowest BCUT2D eigenvalue weighted by Gasteiger charge is -1.84. The van der Waals surface area contributed by atoms with E-state index in [1.54, 1.807) is 18.2 Å². The van der Waals surface area contributed by atoms with Gasteiger partial charge >= 0.3 is 0 Å².